The zero-order valence-corrected chi connectivity index (χ0v) is 11.2. The number of aromatic amines is 1. The number of para-hydroxylation sites is 1. The molecule has 0 unspecified atom stereocenters. The predicted octanol–water partition coefficient (Wildman–Crippen LogP) is 3.22. The van der Waals surface area contributed by atoms with E-state index in [1.165, 1.54) is 10.9 Å². The number of aromatic nitrogens is 1. The van der Waals surface area contributed by atoms with E-state index in [-0.39, 0.29) is 6.61 Å². The Morgan fingerprint density at radius 2 is 1.89 bits per heavy atom. The molecule has 0 bridgehead atoms. The van der Waals surface area contributed by atoms with Crippen LogP contribution >= 0.6 is 0 Å². The number of hydrogen-bond donors (Lipinski definition) is 2. The molecule has 1 aromatic heterocycles. The SMILES string of the molecule is O=C(CCCCO)CCCc1c[nH]c2ccccc12. The number of hydrogen-bond acceptors (Lipinski definition) is 2. The Balaban J connectivity index is 1.78. The number of Topliss-reactive ketones (excluding diaryl/α,β-unsaturated/α-hetero) is 1. The molecule has 0 amide bonds. The standard InChI is InChI=1S/C16H21NO2/c18-11-4-3-7-14(19)8-5-6-13-12-17-16-10-2-1-9-15(13)16/h1-2,9-10,12,17-18H,3-8,11H2. The first-order valence-electron chi connectivity index (χ1n) is 6.99. The molecule has 0 radical (unpaired) electrons. The summed E-state index contributed by atoms with van der Waals surface area (Å²) < 4.78 is 0. The molecule has 1 heterocycles. The minimum Gasteiger partial charge on any atom is -0.396 e. The van der Waals surface area contributed by atoms with Crippen molar-refractivity contribution in [2.24, 2.45) is 0 Å². The van der Waals surface area contributed by atoms with Gasteiger partial charge in [0.15, 0.2) is 0 Å². The molecule has 0 aliphatic rings. The number of ketones is 1. The van der Waals surface area contributed by atoms with Crippen LogP contribution in [0.25, 0.3) is 10.9 Å². The van der Waals surface area contributed by atoms with E-state index in [1.807, 2.05) is 18.3 Å². The summed E-state index contributed by atoms with van der Waals surface area (Å²) in [6.07, 6.45) is 6.67. The highest BCUT2D eigenvalue weighted by molar-refractivity contribution is 5.83. The minimum absolute atomic E-state index is 0.183. The Kier molecular flexibility index (Phi) is 5.16. The van der Waals surface area contributed by atoms with Crippen molar-refractivity contribution in [3.05, 3.63) is 36.0 Å². The van der Waals surface area contributed by atoms with E-state index in [4.69, 9.17) is 5.11 Å². The first-order chi connectivity index (χ1) is 9.31. The average molecular weight is 259 g/mol. The second kappa shape index (κ2) is 7.10. The Hall–Kier alpha value is -1.61. The van der Waals surface area contributed by atoms with Gasteiger partial charge in [-0.25, -0.2) is 0 Å². The van der Waals surface area contributed by atoms with Gasteiger partial charge in [-0.05, 0) is 37.3 Å². The van der Waals surface area contributed by atoms with Gasteiger partial charge >= 0.3 is 0 Å². The summed E-state index contributed by atoms with van der Waals surface area (Å²) in [5, 5.41) is 9.93. The summed E-state index contributed by atoms with van der Waals surface area (Å²) in [6, 6.07) is 8.25. The van der Waals surface area contributed by atoms with Crippen LogP contribution in [0.4, 0.5) is 0 Å². The van der Waals surface area contributed by atoms with E-state index in [9.17, 15) is 4.79 Å². The maximum Gasteiger partial charge on any atom is 0.132 e. The molecule has 2 N–H and O–H groups in total. The molecular formula is C16H21NO2. The summed E-state index contributed by atoms with van der Waals surface area (Å²) in [7, 11) is 0. The molecule has 0 spiro atoms. The monoisotopic (exact) mass is 259 g/mol. The number of unbranched alkanes of at least 4 members (excludes halogenated alkanes) is 1. The molecule has 0 fully saturated rings. The van der Waals surface area contributed by atoms with Crippen molar-refractivity contribution in [3.63, 3.8) is 0 Å². The molecule has 19 heavy (non-hydrogen) atoms. The Morgan fingerprint density at radius 1 is 1.11 bits per heavy atom. The van der Waals surface area contributed by atoms with Crippen LogP contribution < -0.4 is 0 Å². The third kappa shape index (κ3) is 3.93. The second-order valence-corrected chi connectivity index (χ2v) is 4.93. The molecule has 0 aliphatic carbocycles. The Bertz CT molecular complexity index is 530. The lowest BCUT2D eigenvalue weighted by molar-refractivity contribution is -0.119. The highest BCUT2D eigenvalue weighted by Crippen LogP contribution is 2.19. The zero-order chi connectivity index (χ0) is 13.5. The average Bonchev–Trinajstić information content (AvgIpc) is 2.83. The first kappa shape index (κ1) is 13.8. The fourth-order valence-electron chi connectivity index (χ4n) is 2.37. The van der Waals surface area contributed by atoms with Crippen LogP contribution in [-0.4, -0.2) is 22.5 Å². The normalized spacial score (nSPS) is 11.0. The van der Waals surface area contributed by atoms with E-state index in [0.717, 1.165) is 31.2 Å². The van der Waals surface area contributed by atoms with Crippen LogP contribution in [0.1, 0.15) is 37.7 Å². The number of carbonyl (C=O) groups excluding carboxylic acids is 1. The van der Waals surface area contributed by atoms with E-state index in [2.05, 4.69) is 17.1 Å². The lowest BCUT2D eigenvalue weighted by Gasteiger charge is -2.01. The van der Waals surface area contributed by atoms with Crippen LogP contribution in [0.3, 0.4) is 0 Å². The maximum atomic E-state index is 11.6. The molecule has 0 aliphatic heterocycles. The zero-order valence-electron chi connectivity index (χ0n) is 11.2. The van der Waals surface area contributed by atoms with Gasteiger partial charge in [-0.15, -0.1) is 0 Å². The lowest BCUT2D eigenvalue weighted by atomic mass is 10.0. The smallest absolute Gasteiger partial charge is 0.132 e. The molecule has 0 saturated heterocycles. The number of carbonyl (C=O) groups is 1. The van der Waals surface area contributed by atoms with Gasteiger partial charge in [0.25, 0.3) is 0 Å². The van der Waals surface area contributed by atoms with Gasteiger partial charge in [0.1, 0.15) is 5.78 Å². The van der Waals surface area contributed by atoms with Crippen molar-refractivity contribution in [2.75, 3.05) is 6.61 Å². The summed E-state index contributed by atoms with van der Waals surface area (Å²) in [5.74, 6) is 0.313. The molecule has 3 heteroatoms. The predicted molar refractivity (Wildman–Crippen MR) is 77.2 cm³/mol. The molecule has 3 nitrogen and oxygen atoms in total. The van der Waals surface area contributed by atoms with Crippen LogP contribution in [-0.2, 0) is 11.2 Å². The van der Waals surface area contributed by atoms with Crippen molar-refractivity contribution in [3.8, 4) is 0 Å². The van der Waals surface area contributed by atoms with Crippen molar-refractivity contribution >= 4 is 16.7 Å². The van der Waals surface area contributed by atoms with Crippen molar-refractivity contribution in [2.45, 2.75) is 38.5 Å². The van der Waals surface area contributed by atoms with Gasteiger partial charge in [-0.1, -0.05) is 18.2 Å². The van der Waals surface area contributed by atoms with Gasteiger partial charge < -0.3 is 10.1 Å². The third-order valence-corrected chi connectivity index (χ3v) is 3.44. The van der Waals surface area contributed by atoms with Gasteiger partial charge in [0.05, 0.1) is 0 Å². The number of fused-ring (bicyclic) bond motifs is 1. The van der Waals surface area contributed by atoms with Crippen LogP contribution in [0.5, 0.6) is 0 Å². The molecule has 1 aromatic carbocycles. The van der Waals surface area contributed by atoms with Gasteiger partial charge in [-0.2, -0.15) is 0 Å². The van der Waals surface area contributed by atoms with E-state index < -0.39 is 0 Å². The number of rotatable bonds is 8. The summed E-state index contributed by atoms with van der Waals surface area (Å²) in [6.45, 7) is 0.183. The quantitative estimate of drug-likeness (QED) is 0.715. The fraction of sp³-hybridized carbons (Fsp3) is 0.438. The number of H-pyrrole nitrogens is 1. The Labute approximate surface area is 113 Å². The fourth-order valence-corrected chi connectivity index (χ4v) is 2.37. The molecule has 0 saturated carbocycles. The Morgan fingerprint density at radius 3 is 2.74 bits per heavy atom. The molecule has 0 atom stereocenters. The topological polar surface area (TPSA) is 53.1 Å². The molecule has 102 valence electrons. The summed E-state index contributed by atoms with van der Waals surface area (Å²) in [4.78, 5) is 14.9. The number of benzene rings is 1. The highest BCUT2D eigenvalue weighted by Gasteiger charge is 2.05. The van der Waals surface area contributed by atoms with Crippen LogP contribution in [0, 0.1) is 0 Å². The summed E-state index contributed by atoms with van der Waals surface area (Å²) >= 11 is 0. The van der Waals surface area contributed by atoms with Gasteiger partial charge in [0.2, 0.25) is 0 Å². The van der Waals surface area contributed by atoms with Crippen LogP contribution in [0.15, 0.2) is 30.5 Å². The molecular weight excluding hydrogens is 238 g/mol. The maximum absolute atomic E-state index is 11.6. The molecule has 2 aromatic rings. The van der Waals surface area contributed by atoms with Gasteiger partial charge in [0, 0.05) is 36.5 Å². The summed E-state index contributed by atoms with van der Waals surface area (Å²) in [5.41, 5.74) is 2.45. The van der Waals surface area contributed by atoms with E-state index >= 15 is 0 Å². The second-order valence-electron chi connectivity index (χ2n) is 4.93. The lowest BCUT2D eigenvalue weighted by Crippen LogP contribution is -1.99. The first-order valence-corrected chi connectivity index (χ1v) is 6.99. The number of aliphatic hydroxyl groups excluding tert-OH is 1. The van der Waals surface area contributed by atoms with Crippen molar-refractivity contribution < 1.29 is 9.90 Å². The van der Waals surface area contributed by atoms with E-state index in [1.54, 1.807) is 0 Å². The highest BCUT2D eigenvalue weighted by atomic mass is 16.2. The number of aryl methyl sites for hydroxylation is 1. The number of aliphatic hydroxyl groups is 1. The number of nitrogens with one attached hydrogen (secondary N) is 1. The largest absolute Gasteiger partial charge is 0.396 e. The minimum atomic E-state index is 0.183. The third-order valence-electron chi connectivity index (χ3n) is 3.44. The van der Waals surface area contributed by atoms with Crippen molar-refractivity contribution in [1.29, 1.82) is 0 Å². The van der Waals surface area contributed by atoms with Gasteiger partial charge in [-0.3, -0.25) is 4.79 Å². The van der Waals surface area contributed by atoms with Crippen LogP contribution in [0.2, 0.25) is 0 Å². The van der Waals surface area contributed by atoms with E-state index in [0.29, 0.717) is 18.6 Å². The van der Waals surface area contributed by atoms with Crippen molar-refractivity contribution in [1.82, 2.24) is 4.98 Å². The molecule has 2 rings (SSSR count).